The maximum absolute atomic E-state index is 11.1. The zero-order valence-corrected chi connectivity index (χ0v) is 10.5. The molecule has 0 amide bonds. The summed E-state index contributed by atoms with van der Waals surface area (Å²) in [5.74, 6) is -0.388. The number of nitrogens with one attached hydrogen (secondary N) is 1. The highest BCUT2D eigenvalue weighted by atomic mass is 35.5. The summed E-state index contributed by atoms with van der Waals surface area (Å²) < 4.78 is 0. The van der Waals surface area contributed by atoms with Gasteiger partial charge in [0.15, 0.2) is 0 Å². The molecule has 2 aromatic carbocycles. The van der Waals surface area contributed by atoms with Crippen molar-refractivity contribution >= 4 is 28.6 Å². The largest absolute Gasteiger partial charge is 0.478 e. The molecule has 1 aromatic heterocycles. The average molecular weight is 273 g/mol. The summed E-state index contributed by atoms with van der Waals surface area (Å²) in [7, 11) is 0. The van der Waals surface area contributed by atoms with Crippen molar-refractivity contribution in [3.8, 4) is 11.4 Å². The Bertz CT molecular complexity index is 780. The van der Waals surface area contributed by atoms with Crippen LogP contribution in [0, 0.1) is 0 Å². The highest BCUT2D eigenvalue weighted by Crippen LogP contribution is 2.24. The van der Waals surface area contributed by atoms with Crippen LogP contribution < -0.4 is 0 Å². The Balaban J connectivity index is 2.22. The van der Waals surface area contributed by atoms with Gasteiger partial charge in [0, 0.05) is 10.6 Å². The van der Waals surface area contributed by atoms with E-state index in [0.717, 1.165) is 5.56 Å². The van der Waals surface area contributed by atoms with Crippen molar-refractivity contribution in [3.63, 3.8) is 0 Å². The highest BCUT2D eigenvalue weighted by molar-refractivity contribution is 6.30. The van der Waals surface area contributed by atoms with Crippen LogP contribution in [0.25, 0.3) is 22.4 Å². The van der Waals surface area contributed by atoms with E-state index in [-0.39, 0.29) is 5.56 Å². The third kappa shape index (κ3) is 2.06. The molecule has 19 heavy (non-hydrogen) atoms. The number of nitrogens with zero attached hydrogens (tertiary/aromatic N) is 1. The highest BCUT2D eigenvalue weighted by Gasteiger charge is 2.13. The summed E-state index contributed by atoms with van der Waals surface area (Å²) in [6.45, 7) is 0. The van der Waals surface area contributed by atoms with Crippen LogP contribution in [0.3, 0.4) is 0 Å². The molecule has 5 heteroatoms. The van der Waals surface area contributed by atoms with E-state index < -0.39 is 5.97 Å². The number of hydrogen-bond donors (Lipinski definition) is 2. The van der Waals surface area contributed by atoms with Crippen molar-refractivity contribution in [1.82, 2.24) is 9.97 Å². The number of hydrogen-bond acceptors (Lipinski definition) is 2. The lowest BCUT2D eigenvalue weighted by atomic mass is 10.2. The Morgan fingerprint density at radius 1 is 1.21 bits per heavy atom. The van der Waals surface area contributed by atoms with E-state index in [4.69, 9.17) is 16.7 Å². The van der Waals surface area contributed by atoms with Crippen LogP contribution >= 0.6 is 11.6 Å². The van der Waals surface area contributed by atoms with Crippen molar-refractivity contribution in [3.05, 3.63) is 53.1 Å². The molecule has 3 aromatic rings. The maximum atomic E-state index is 11.1. The second-order valence-corrected chi connectivity index (χ2v) is 4.54. The molecular weight excluding hydrogens is 264 g/mol. The van der Waals surface area contributed by atoms with Crippen molar-refractivity contribution in [1.29, 1.82) is 0 Å². The molecule has 0 saturated carbocycles. The zero-order chi connectivity index (χ0) is 13.4. The lowest BCUT2D eigenvalue weighted by Crippen LogP contribution is -1.96. The van der Waals surface area contributed by atoms with Gasteiger partial charge in [-0.2, -0.15) is 0 Å². The Hall–Kier alpha value is -2.33. The Kier molecular flexibility index (Phi) is 2.72. The van der Waals surface area contributed by atoms with Crippen LogP contribution in [0.2, 0.25) is 5.02 Å². The summed E-state index contributed by atoms with van der Waals surface area (Å²) >= 11 is 5.94. The number of fused-ring (bicyclic) bond motifs is 1. The first-order valence-electron chi connectivity index (χ1n) is 5.63. The Morgan fingerprint density at radius 2 is 2.00 bits per heavy atom. The van der Waals surface area contributed by atoms with Gasteiger partial charge in [-0.1, -0.05) is 29.8 Å². The third-order valence-electron chi connectivity index (χ3n) is 2.84. The number of aromatic nitrogens is 2. The number of carboxylic acids is 1. The first-order valence-corrected chi connectivity index (χ1v) is 6.01. The smallest absolute Gasteiger partial charge is 0.337 e. The summed E-state index contributed by atoms with van der Waals surface area (Å²) in [6.07, 6.45) is 0. The molecule has 94 valence electrons. The average Bonchev–Trinajstić information content (AvgIpc) is 2.82. The SMILES string of the molecule is O=C(O)c1cccc2[nH]c(-c3cccc(Cl)c3)nc12. The number of benzene rings is 2. The van der Waals surface area contributed by atoms with Crippen LogP contribution in [0.1, 0.15) is 10.4 Å². The number of carbonyl (C=O) groups is 1. The molecule has 0 aliphatic heterocycles. The summed E-state index contributed by atoms with van der Waals surface area (Å²) in [6, 6.07) is 12.3. The quantitative estimate of drug-likeness (QED) is 0.749. The van der Waals surface area contributed by atoms with E-state index in [0.29, 0.717) is 21.9 Å². The molecule has 3 rings (SSSR count). The molecule has 0 fully saturated rings. The van der Waals surface area contributed by atoms with E-state index >= 15 is 0 Å². The molecule has 0 bridgehead atoms. The van der Waals surface area contributed by atoms with Gasteiger partial charge >= 0.3 is 5.97 Å². The lowest BCUT2D eigenvalue weighted by Gasteiger charge is -1.96. The van der Waals surface area contributed by atoms with Gasteiger partial charge in [0.1, 0.15) is 11.3 Å². The van der Waals surface area contributed by atoms with Gasteiger partial charge in [-0.15, -0.1) is 0 Å². The molecule has 2 N–H and O–H groups in total. The summed E-state index contributed by atoms with van der Waals surface area (Å²) in [4.78, 5) is 18.6. The lowest BCUT2D eigenvalue weighted by molar-refractivity contribution is 0.0699. The molecule has 1 heterocycles. The fraction of sp³-hybridized carbons (Fsp3) is 0. The molecule has 0 aliphatic rings. The van der Waals surface area contributed by atoms with Gasteiger partial charge in [0.05, 0.1) is 11.1 Å². The second kappa shape index (κ2) is 4.40. The van der Waals surface area contributed by atoms with Crippen LogP contribution in [0.4, 0.5) is 0 Å². The normalized spacial score (nSPS) is 10.8. The van der Waals surface area contributed by atoms with Crippen LogP contribution in [-0.4, -0.2) is 21.0 Å². The van der Waals surface area contributed by atoms with Crippen molar-refractivity contribution < 1.29 is 9.90 Å². The standard InChI is InChI=1S/C14H9ClN2O2/c15-9-4-1-3-8(7-9)13-16-11-6-2-5-10(14(18)19)12(11)17-13/h1-7H,(H,16,17)(H,18,19). The van der Waals surface area contributed by atoms with E-state index in [1.54, 1.807) is 24.3 Å². The minimum absolute atomic E-state index is 0.182. The fourth-order valence-electron chi connectivity index (χ4n) is 1.98. The number of para-hydroxylation sites is 1. The molecule has 0 saturated heterocycles. The monoisotopic (exact) mass is 272 g/mol. The predicted octanol–water partition coefficient (Wildman–Crippen LogP) is 3.58. The summed E-state index contributed by atoms with van der Waals surface area (Å²) in [5.41, 5.74) is 2.14. The van der Waals surface area contributed by atoms with Gasteiger partial charge < -0.3 is 10.1 Å². The van der Waals surface area contributed by atoms with Gasteiger partial charge in [-0.3, -0.25) is 0 Å². The Labute approximate surface area is 113 Å². The molecular formula is C14H9ClN2O2. The van der Waals surface area contributed by atoms with Crippen LogP contribution in [-0.2, 0) is 0 Å². The predicted molar refractivity (Wildman–Crippen MR) is 73.5 cm³/mol. The fourth-order valence-corrected chi connectivity index (χ4v) is 2.17. The number of imidazole rings is 1. The number of aromatic carboxylic acids is 1. The van der Waals surface area contributed by atoms with Crippen molar-refractivity contribution in [2.75, 3.05) is 0 Å². The topological polar surface area (TPSA) is 66.0 Å². The second-order valence-electron chi connectivity index (χ2n) is 4.10. The van der Waals surface area contributed by atoms with Gasteiger partial charge in [0.2, 0.25) is 0 Å². The number of H-pyrrole nitrogens is 1. The van der Waals surface area contributed by atoms with Gasteiger partial charge in [-0.25, -0.2) is 9.78 Å². The number of aromatic amines is 1. The van der Waals surface area contributed by atoms with E-state index in [9.17, 15) is 4.79 Å². The number of halogens is 1. The molecule has 0 aliphatic carbocycles. The van der Waals surface area contributed by atoms with Crippen molar-refractivity contribution in [2.45, 2.75) is 0 Å². The van der Waals surface area contributed by atoms with E-state index in [2.05, 4.69) is 9.97 Å². The zero-order valence-electron chi connectivity index (χ0n) is 9.72. The van der Waals surface area contributed by atoms with Gasteiger partial charge in [0.25, 0.3) is 0 Å². The minimum atomic E-state index is -0.991. The van der Waals surface area contributed by atoms with E-state index in [1.807, 2.05) is 12.1 Å². The summed E-state index contributed by atoms with van der Waals surface area (Å²) in [5, 5.41) is 9.74. The molecule has 0 atom stereocenters. The molecule has 0 radical (unpaired) electrons. The van der Waals surface area contributed by atoms with Crippen LogP contribution in [0.5, 0.6) is 0 Å². The molecule has 0 unspecified atom stereocenters. The molecule has 4 nitrogen and oxygen atoms in total. The van der Waals surface area contributed by atoms with Crippen molar-refractivity contribution in [2.24, 2.45) is 0 Å². The van der Waals surface area contributed by atoms with Crippen LogP contribution in [0.15, 0.2) is 42.5 Å². The first-order chi connectivity index (χ1) is 9.15. The van der Waals surface area contributed by atoms with E-state index in [1.165, 1.54) is 6.07 Å². The Morgan fingerprint density at radius 3 is 2.74 bits per heavy atom. The maximum Gasteiger partial charge on any atom is 0.337 e. The third-order valence-corrected chi connectivity index (χ3v) is 3.08. The minimum Gasteiger partial charge on any atom is -0.478 e. The number of carboxylic acid groups (broad SMARTS) is 1. The van der Waals surface area contributed by atoms with Gasteiger partial charge in [-0.05, 0) is 24.3 Å². The molecule has 0 spiro atoms. The first kappa shape index (κ1) is 11.7. The number of rotatable bonds is 2.